The maximum atomic E-state index is 4.88. The van der Waals surface area contributed by atoms with Crippen LogP contribution in [-0.4, -0.2) is 48.6 Å². The van der Waals surface area contributed by atoms with Crippen LogP contribution in [0.5, 0.6) is 0 Å². The van der Waals surface area contributed by atoms with E-state index < -0.39 is 0 Å². The Hall–Kier alpha value is -1.47. The van der Waals surface area contributed by atoms with Crippen LogP contribution in [0.4, 0.5) is 5.69 Å². The number of anilines is 1. The molecule has 1 aliphatic rings. The van der Waals surface area contributed by atoms with E-state index in [1.165, 1.54) is 16.6 Å². The molecule has 1 fully saturated rings. The van der Waals surface area contributed by atoms with E-state index in [4.69, 9.17) is 4.98 Å². The molecular weight excluding hydrogens is 458 g/mol. The lowest BCUT2D eigenvalue weighted by atomic mass is 10.1. The topological polar surface area (TPSA) is 50.9 Å². The predicted octanol–water partition coefficient (Wildman–Crippen LogP) is 3.98. The van der Waals surface area contributed by atoms with Crippen molar-refractivity contribution >= 4 is 50.6 Å². The lowest BCUT2D eigenvalue weighted by Gasteiger charge is -2.34. The van der Waals surface area contributed by atoms with Crippen LogP contribution in [-0.2, 0) is 0 Å². The fraction of sp³-hybridized carbons (Fsp3) is 0.250. The number of rotatable bonds is 2. The molecule has 0 saturated carbocycles. The van der Waals surface area contributed by atoms with Gasteiger partial charge in [-0.15, -0.1) is 34.0 Å². The molecule has 1 aromatic heterocycles. The third-order valence-corrected chi connectivity index (χ3v) is 4.61. The van der Waals surface area contributed by atoms with Crippen molar-refractivity contribution < 1.29 is 5.48 Å². The number of fused-ring (bicyclic) bond motifs is 1. The number of hydrogen-bond donors (Lipinski definition) is 0. The van der Waals surface area contributed by atoms with Crippen LogP contribution in [0.25, 0.3) is 22.2 Å². The molecule has 0 atom stereocenters. The van der Waals surface area contributed by atoms with Gasteiger partial charge in [0.2, 0.25) is 0 Å². The molecule has 0 unspecified atom stereocenters. The third-order valence-electron chi connectivity index (χ3n) is 4.61. The Morgan fingerprint density at radius 2 is 1.42 bits per heavy atom. The molecule has 2 N–H and O–H groups in total. The van der Waals surface area contributed by atoms with Crippen molar-refractivity contribution in [1.82, 2.24) is 9.88 Å². The van der Waals surface area contributed by atoms with E-state index in [2.05, 4.69) is 71.4 Å². The predicted molar refractivity (Wildman–Crippen MR) is 121 cm³/mol. The Labute approximate surface area is 175 Å². The second-order valence-corrected chi connectivity index (χ2v) is 6.20. The largest absolute Gasteiger partial charge is 0.412 e. The van der Waals surface area contributed by atoms with Crippen molar-refractivity contribution in [3.63, 3.8) is 0 Å². The zero-order valence-electron chi connectivity index (χ0n) is 14.8. The van der Waals surface area contributed by atoms with Gasteiger partial charge in [0.1, 0.15) is 0 Å². The van der Waals surface area contributed by atoms with E-state index >= 15 is 0 Å². The average Bonchev–Trinajstić information content (AvgIpc) is 2.62. The van der Waals surface area contributed by atoms with Gasteiger partial charge in [0.15, 0.2) is 0 Å². The van der Waals surface area contributed by atoms with Crippen molar-refractivity contribution in [2.45, 2.75) is 0 Å². The maximum Gasteiger partial charge on any atom is 0.0730 e. The average molecular weight is 483 g/mol. The molecule has 26 heavy (non-hydrogen) atoms. The zero-order valence-corrected chi connectivity index (χ0v) is 18.2. The minimum atomic E-state index is 0. The summed E-state index contributed by atoms with van der Waals surface area (Å²) in [5, 5.41) is 1.25. The number of piperazine rings is 1. The van der Waals surface area contributed by atoms with Gasteiger partial charge in [0, 0.05) is 42.8 Å². The highest BCUT2D eigenvalue weighted by Crippen LogP contribution is 2.31. The standard InChI is InChI=1S/C20H21N3.2BrH.H2O/c1-22-11-13-23(14-12-22)20-15-19(16-7-3-2-4-8-16)21-18-10-6-5-9-17(18)20;;;/h2-10,15H,11-14H2,1H3;2*1H;1H2. The second kappa shape index (κ2) is 10.0. The molecule has 0 bridgehead atoms. The molecule has 3 aromatic rings. The Morgan fingerprint density at radius 3 is 2.12 bits per heavy atom. The van der Waals surface area contributed by atoms with Gasteiger partial charge in [-0.1, -0.05) is 48.5 Å². The van der Waals surface area contributed by atoms with Gasteiger partial charge < -0.3 is 15.3 Å². The summed E-state index contributed by atoms with van der Waals surface area (Å²) >= 11 is 0. The van der Waals surface area contributed by atoms with Crippen LogP contribution in [0.3, 0.4) is 0 Å². The number of nitrogens with zero attached hydrogens (tertiary/aromatic N) is 3. The first kappa shape index (κ1) is 22.6. The SMILES string of the molecule is Br.Br.CN1CCN(c2cc(-c3ccccc3)nc3ccccc23)CC1.O. The lowest BCUT2D eigenvalue weighted by molar-refractivity contribution is 0.313. The number of halogens is 2. The summed E-state index contributed by atoms with van der Waals surface area (Å²) in [6, 6.07) is 21.2. The van der Waals surface area contributed by atoms with Crippen LogP contribution in [0.1, 0.15) is 0 Å². The molecule has 0 amide bonds. The fourth-order valence-corrected chi connectivity index (χ4v) is 3.22. The third kappa shape index (κ3) is 4.62. The Kier molecular flexibility index (Phi) is 8.70. The molecule has 4 nitrogen and oxygen atoms in total. The molecule has 6 heteroatoms. The van der Waals surface area contributed by atoms with Crippen LogP contribution < -0.4 is 4.90 Å². The second-order valence-electron chi connectivity index (χ2n) is 6.20. The number of para-hydroxylation sites is 1. The summed E-state index contributed by atoms with van der Waals surface area (Å²) in [5.41, 5.74) is 4.61. The van der Waals surface area contributed by atoms with Crippen LogP contribution in [0.15, 0.2) is 60.7 Å². The first-order chi connectivity index (χ1) is 11.3. The van der Waals surface area contributed by atoms with E-state index in [-0.39, 0.29) is 39.4 Å². The highest BCUT2D eigenvalue weighted by Gasteiger charge is 2.17. The van der Waals surface area contributed by atoms with Gasteiger partial charge in [0.25, 0.3) is 0 Å². The molecule has 0 aliphatic carbocycles. The van der Waals surface area contributed by atoms with Crippen molar-refractivity contribution in [3.05, 3.63) is 60.7 Å². The van der Waals surface area contributed by atoms with E-state index in [1.54, 1.807) is 0 Å². The summed E-state index contributed by atoms with van der Waals surface area (Å²) < 4.78 is 0. The quantitative estimate of drug-likeness (QED) is 0.555. The summed E-state index contributed by atoms with van der Waals surface area (Å²) in [7, 11) is 2.19. The number of hydrogen-bond acceptors (Lipinski definition) is 3. The van der Waals surface area contributed by atoms with Gasteiger partial charge in [0.05, 0.1) is 11.2 Å². The minimum absolute atomic E-state index is 0. The minimum Gasteiger partial charge on any atom is -0.412 e. The Morgan fingerprint density at radius 1 is 0.808 bits per heavy atom. The Balaban J connectivity index is 0.00000113. The van der Waals surface area contributed by atoms with E-state index in [1.807, 2.05) is 6.07 Å². The maximum absolute atomic E-state index is 4.88. The molecule has 0 radical (unpaired) electrons. The van der Waals surface area contributed by atoms with Gasteiger partial charge in [-0.25, -0.2) is 4.98 Å². The molecule has 4 rings (SSSR count). The van der Waals surface area contributed by atoms with Crippen LogP contribution >= 0.6 is 34.0 Å². The number of benzene rings is 2. The molecule has 2 aromatic carbocycles. The van der Waals surface area contributed by atoms with Crippen LogP contribution in [0, 0.1) is 0 Å². The normalized spacial score (nSPS) is 14.1. The molecule has 1 saturated heterocycles. The zero-order chi connectivity index (χ0) is 15.6. The molecule has 140 valence electrons. The summed E-state index contributed by atoms with van der Waals surface area (Å²) in [6.07, 6.45) is 0. The van der Waals surface area contributed by atoms with E-state index in [0.29, 0.717) is 0 Å². The molecule has 1 aliphatic heterocycles. The number of likely N-dealkylation sites (N-methyl/N-ethyl adjacent to an activating group) is 1. The van der Waals surface area contributed by atoms with Crippen molar-refractivity contribution in [3.8, 4) is 11.3 Å². The fourth-order valence-electron chi connectivity index (χ4n) is 3.22. The highest BCUT2D eigenvalue weighted by atomic mass is 79.9. The van der Waals surface area contributed by atoms with Gasteiger partial charge in [-0.3, -0.25) is 0 Å². The Bertz CT molecular complexity index is 822. The number of pyridine rings is 1. The summed E-state index contributed by atoms with van der Waals surface area (Å²) in [5.74, 6) is 0. The van der Waals surface area contributed by atoms with Gasteiger partial charge >= 0.3 is 0 Å². The number of aromatic nitrogens is 1. The van der Waals surface area contributed by atoms with Crippen LogP contribution in [0.2, 0.25) is 0 Å². The van der Waals surface area contributed by atoms with Crippen molar-refractivity contribution in [1.29, 1.82) is 0 Å². The van der Waals surface area contributed by atoms with E-state index in [9.17, 15) is 0 Å². The summed E-state index contributed by atoms with van der Waals surface area (Å²) in [4.78, 5) is 9.76. The monoisotopic (exact) mass is 481 g/mol. The molecular formula is C20H25Br2N3O. The van der Waals surface area contributed by atoms with Crippen molar-refractivity contribution in [2.75, 3.05) is 38.1 Å². The molecule has 0 spiro atoms. The first-order valence-corrected chi connectivity index (χ1v) is 8.20. The van der Waals surface area contributed by atoms with E-state index in [0.717, 1.165) is 37.4 Å². The highest BCUT2D eigenvalue weighted by molar-refractivity contribution is 8.93. The van der Waals surface area contributed by atoms with Crippen molar-refractivity contribution in [2.24, 2.45) is 0 Å². The molecule has 2 heterocycles. The lowest BCUT2D eigenvalue weighted by Crippen LogP contribution is -2.44. The smallest absolute Gasteiger partial charge is 0.0730 e. The van der Waals surface area contributed by atoms with Gasteiger partial charge in [-0.2, -0.15) is 0 Å². The first-order valence-electron chi connectivity index (χ1n) is 8.20. The van der Waals surface area contributed by atoms with Gasteiger partial charge in [-0.05, 0) is 19.2 Å². The summed E-state index contributed by atoms with van der Waals surface area (Å²) in [6.45, 7) is 4.35.